The van der Waals surface area contributed by atoms with E-state index in [4.69, 9.17) is 0 Å². The van der Waals surface area contributed by atoms with Crippen LogP contribution in [0.3, 0.4) is 0 Å². The Morgan fingerprint density at radius 2 is 1.58 bits per heavy atom. The maximum atomic E-state index is 10.5. The van der Waals surface area contributed by atoms with E-state index >= 15 is 0 Å². The first-order chi connectivity index (χ1) is 5.60. The van der Waals surface area contributed by atoms with Crippen LogP contribution in [0.15, 0.2) is 0 Å². The van der Waals surface area contributed by atoms with Gasteiger partial charge in [-0.25, -0.2) is 0 Å². The van der Waals surface area contributed by atoms with Crippen molar-refractivity contribution in [1.82, 2.24) is 0 Å². The SMILES string of the molecule is CC[Si](CC)(CC)CC[P+](=O)[O-]. The zero-order valence-electron chi connectivity index (χ0n) is 8.30. The lowest BCUT2D eigenvalue weighted by molar-refractivity contribution is -0.164. The van der Waals surface area contributed by atoms with Gasteiger partial charge in [-0.2, -0.15) is 0 Å². The Balaban J connectivity index is 4.01. The van der Waals surface area contributed by atoms with E-state index in [0.29, 0.717) is 6.16 Å². The molecule has 4 heteroatoms. The molecule has 0 radical (unpaired) electrons. The zero-order chi connectivity index (χ0) is 9.61. The standard InChI is InChI=1S/C8H19O2PSi/c1-4-12(5-2,6-3)8-7-11(9)10/h4-8H2,1-3H3. The highest BCUT2D eigenvalue weighted by Gasteiger charge is 2.28. The van der Waals surface area contributed by atoms with E-state index in [9.17, 15) is 9.46 Å². The smallest absolute Gasteiger partial charge is 0.308 e. The number of hydrogen-bond donors (Lipinski definition) is 0. The first-order valence-corrected chi connectivity index (χ1v) is 8.91. The van der Waals surface area contributed by atoms with Crippen molar-refractivity contribution >= 4 is 16.1 Å². The molecule has 0 aliphatic heterocycles. The van der Waals surface area contributed by atoms with Gasteiger partial charge in [-0.1, -0.05) is 43.5 Å². The van der Waals surface area contributed by atoms with Crippen molar-refractivity contribution in [3.05, 3.63) is 0 Å². The van der Waals surface area contributed by atoms with Gasteiger partial charge in [0.05, 0.1) is 8.07 Å². The predicted molar refractivity (Wildman–Crippen MR) is 54.5 cm³/mol. The van der Waals surface area contributed by atoms with Crippen LogP contribution in [0.5, 0.6) is 0 Å². The predicted octanol–water partition coefficient (Wildman–Crippen LogP) is 2.60. The van der Waals surface area contributed by atoms with Crippen LogP contribution >= 0.6 is 8.03 Å². The van der Waals surface area contributed by atoms with Crippen molar-refractivity contribution in [2.75, 3.05) is 6.16 Å². The molecule has 0 aliphatic rings. The molecule has 0 amide bonds. The van der Waals surface area contributed by atoms with Crippen molar-refractivity contribution in [3.63, 3.8) is 0 Å². The minimum absolute atomic E-state index is 0.414. The molecule has 1 atom stereocenters. The highest BCUT2D eigenvalue weighted by atomic mass is 31.1. The Morgan fingerprint density at radius 1 is 1.17 bits per heavy atom. The van der Waals surface area contributed by atoms with E-state index in [0.717, 1.165) is 6.04 Å². The Labute approximate surface area is 77.3 Å². The van der Waals surface area contributed by atoms with Gasteiger partial charge in [0.1, 0.15) is 6.16 Å². The van der Waals surface area contributed by atoms with Crippen LogP contribution < -0.4 is 4.89 Å². The molecule has 1 unspecified atom stereocenters. The van der Waals surface area contributed by atoms with Gasteiger partial charge in [-0.15, -0.1) is 0 Å². The first kappa shape index (κ1) is 12.3. The third kappa shape index (κ3) is 3.79. The fourth-order valence-corrected chi connectivity index (χ4v) is 6.80. The molecule has 0 aromatic heterocycles. The van der Waals surface area contributed by atoms with Crippen LogP contribution in [-0.2, 0) is 4.57 Å². The van der Waals surface area contributed by atoms with Gasteiger partial charge in [0.25, 0.3) is 0 Å². The largest absolute Gasteiger partial charge is 0.596 e. The summed E-state index contributed by atoms with van der Waals surface area (Å²) in [6, 6.07) is 4.64. The van der Waals surface area contributed by atoms with Crippen LogP contribution in [0.25, 0.3) is 0 Å². The fourth-order valence-electron chi connectivity index (χ4n) is 1.61. The van der Waals surface area contributed by atoms with Crippen LogP contribution in [-0.4, -0.2) is 14.2 Å². The van der Waals surface area contributed by atoms with E-state index in [2.05, 4.69) is 20.8 Å². The first-order valence-electron chi connectivity index (χ1n) is 4.72. The summed E-state index contributed by atoms with van der Waals surface area (Å²) in [6.07, 6.45) is 0.414. The molecule has 0 aromatic carbocycles. The lowest BCUT2D eigenvalue weighted by Gasteiger charge is -2.26. The van der Waals surface area contributed by atoms with Crippen molar-refractivity contribution < 1.29 is 9.46 Å². The molecule has 2 nitrogen and oxygen atoms in total. The zero-order valence-corrected chi connectivity index (χ0v) is 10.2. The van der Waals surface area contributed by atoms with E-state index in [1.165, 1.54) is 18.1 Å². The molecule has 0 saturated carbocycles. The van der Waals surface area contributed by atoms with E-state index in [-0.39, 0.29) is 0 Å². The van der Waals surface area contributed by atoms with E-state index in [1.807, 2.05) is 0 Å². The summed E-state index contributed by atoms with van der Waals surface area (Å²) >= 11 is 0. The molecular formula is C8H19O2PSi. The van der Waals surface area contributed by atoms with Crippen molar-refractivity contribution in [2.24, 2.45) is 0 Å². The average Bonchev–Trinajstić information content (AvgIpc) is 2.08. The van der Waals surface area contributed by atoms with Gasteiger partial charge in [0.2, 0.25) is 0 Å². The maximum Gasteiger partial charge on any atom is 0.308 e. The molecule has 0 saturated heterocycles. The van der Waals surface area contributed by atoms with Gasteiger partial charge in [-0.05, 0) is 6.04 Å². The van der Waals surface area contributed by atoms with Crippen molar-refractivity contribution in [3.8, 4) is 0 Å². The molecule has 0 spiro atoms. The molecule has 0 heterocycles. The highest BCUT2D eigenvalue weighted by Crippen LogP contribution is 2.28. The van der Waals surface area contributed by atoms with Crippen LogP contribution in [0.2, 0.25) is 24.2 Å². The lowest BCUT2D eigenvalue weighted by atomic mass is 10.9. The van der Waals surface area contributed by atoms with E-state index in [1.54, 1.807) is 0 Å². The lowest BCUT2D eigenvalue weighted by Crippen LogP contribution is -2.31. The third-order valence-corrected chi connectivity index (χ3v) is 9.89. The Bertz CT molecular complexity index is 138. The Hall–Kier alpha value is 0.277. The number of rotatable bonds is 6. The minimum Gasteiger partial charge on any atom is -0.596 e. The molecule has 0 aromatic rings. The Kier molecular flexibility index (Phi) is 5.98. The molecule has 72 valence electrons. The van der Waals surface area contributed by atoms with Crippen LogP contribution in [0.4, 0.5) is 0 Å². The maximum absolute atomic E-state index is 10.5. The van der Waals surface area contributed by atoms with Crippen molar-refractivity contribution in [2.45, 2.75) is 44.9 Å². The summed E-state index contributed by atoms with van der Waals surface area (Å²) in [7, 11) is -3.31. The summed E-state index contributed by atoms with van der Waals surface area (Å²) in [5, 5.41) is 0. The van der Waals surface area contributed by atoms with Crippen molar-refractivity contribution in [1.29, 1.82) is 0 Å². The van der Waals surface area contributed by atoms with E-state index < -0.39 is 16.1 Å². The fraction of sp³-hybridized carbons (Fsp3) is 1.00. The third-order valence-electron chi connectivity index (χ3n) is 3.07. The average molecular weight is 206 g/mol. The minimum atomic E-state index is -2.15. The molecule has 0 fully saturated rings. The van der Waals surface area contributed by atoms with Gasteiger partial charge < -0.3 is 4.89 Å². The monoisotopic (exact) mass is 206 g/mol. The molecule has 0 rings (SSSR count). The topological polar surface area (TPSA) is 40.1 Å². The summed E-state index contributed by atoms with van der Waals surface area (Å²) in [5.41, 5.74) is 0. The normalized spacial score (nSPS) is 13.2. The van der Waals surface area contributed by atoms with Gasteiger partial charge in [0, 0.05) is 0 Å². The summed E-state index contributed by atoms with van der Waals surface area (Å²) in [5.74, 6) is 0. The van der Waals surface area contributed by atoms with Gasteiger partial charge in [0.15, 0.2) is 0 Å². The second-order valence-electron chi connectivity index (χ2n) is 3.37. The summed E-state index contributed by atoms with van der Waals surface area (Å²) in [6.45, 7) is 6.62. The molecule has 0 bridgehead atoms. The van der Waals surface area contributed by atoms with Crippen LogP contribution in [0.1, 0.15) is 20.8 Å². The molecule has 0 N–H and O–H groups in total. The summed E-state index contributed by atoms with van der Waals surface area (Å²) < 4.78 is 10.5. The quantitative estimate of drug-likeness (QED) is 0.495. The second kappa shape index (κ2) is 5.84. The van der Waals surface area contributed by atoms with Crippen LogP contribution in [0, 0.1) is 0 Å². The van der Waals surface area contributed by atoms with Gasteiger partial charge in [-0.3, -0.25) is 0 Å². The van der Waals surface area contributed by atoms with Gasteiger partial charge >= 0.3 is 8.03 Å². The second-order valence-corrected chi connectivity index (χ2v) is 10.1. The number of hydrogen-bond acceptors (Lipinski definition) is 2. The highest BCUT2D eigenvalue weighted by molar-refractivity contribution is 7.36. The molecular weight excluding hydrogens is 187 g/mol. The molecule has 0 aliphatic carbocycles. The molecule has 12 heavy (non-hydrogen) atoms. The Morgan fingerprint density at radius 3 is 1.83 bits per heavy atom. The summed E-state index contributed by atoms with van der Waals surface area (Å²) in [4.78, 5) is 10.5.